The fraction of sp³-hybridized carbons (Fsp3) is 0.370. The van der Waals surface area contributed by atoms with Gasteiger partial charge in [0.05, 0.1) is 17.3 Å². The molecule has 2 aromatic carbocycles. The zero-order chi connectivity index (χ0) is 25.3. The average Bonchev–Trinajstić information content (AvgIpc) is 2.82. The van der Waals surface area contributed by atoms with E-state index in [1.807, 2.05) is 33.8 Å². The highest BCUT2D eigenvalue weighted by Gasteiger charge is 2.26. The van der Waals surface area contributed by atoms with E-state index in [4.69, 9.17) is 21.7 Å². The van der Waals surface area contributed by atoms with Gasteiger partial charge in [-0.15, -0.1) is 0 Å². The van der Waals surface area contributed by atoms with Crippen molar-refractivity contribution in [1.29, 1.82) is 0 Å². The first-order valence-corrected chi connectivity index (χ1v) is 12.1. The lowest BCUT2D eigenvalue weighted by Crippen LogP contribution is -2.39. The van der Waals surface area contributed by atoms with Crippen molar-refractivity contribution in [2.24, 2.45) is 0 Å². The van der Waals surface area contributed by atoms with Crippen molar-refractivity contribution in [2.75, 3.05) is 13.7 Å². The molecule has 1 N–H and O–H groups in total. The van der Waals surface area contributed by atoms with Gasteiger partial charge in [0.15, 0.2) is 0 Å². The van der Waals surface area contributed by atoms with E-state index in [9.17, 15) is 9.18 Å². The van der Waals surface area contributed by atoms with E-state index < -0.39 is 5.60 Å². The molecule has 3 aromatic rings. The first-order chi connectivity index (χ1) is 16.6. The molecule has 0 spiro atoms. The van der Waals surface area contributed by atoms with Crippen LogP contribution in [0.5, 0.6) is 5.75 Å². The van der Waals surface area contributed by atoms with Crippen molar-refractivity contribution in [1.82, 2.24) is 15.1 Å². The Kier molecular flexibility index (Phi) is 6.94. The Morgan fingerprint density at radius 3 is 2.66 bits per heavy atom. The lowest BCUT2D eigenvalue weighted by Gasteiger charge is -2.31. The van der Waals surface area contributed by atoms with Crippen LogP contribution in [0, 0.1) is 10.3 Å². The number of amides is 1. The molecule has 6 nitrogen and oxygen atoms in total. The molecule has 4 rings (SSSR count). The summed E-state index contributed by atoms with van der Waals surface area (Å²) in [6.07, 6.45) is 1.15. The predicted molar refractivity (Wildman–Crippen MR) is 137 cm³/mol. The van der Waals surface area contributed by atoms with E-state index >= 15 is 0 Å². The maximum Gasteiger partial charge on any atom is 0.410 e. The number of nitrogens with one attached hydrogen (secondary N) is 1. The van der Waals surface area contributed by atoms with Crippen molar-refractivity contribution in [3.8, 4) is 28.3 Å². The van der Waals surface area contributed by atoms with E-state index in [0.717, 1.165) is 28.8 Å². The van der Waals surface area contributed by atoms with Crippen molar-refractivity contribution in [3.05, 3.63) is 63.4 Å². The van der Waals surface area contributed by atoms with Gasteiger partial charge in [-0.25, -0.2) is 9.18 Å². The van der Waals surface area contributed by atoms with Crippen LogP contribution in [0.3, 0.4) is 0 Å². The summed E-state index contributed by atoms with van der Waals surface area (Å²) in [5, 5.41) is 7.74. The summed E-state index contributed by atoms with van der Waals surface area (Å²) in [6, 6.07) is 10.6. The van der Waals surface area contributed by atoms with Crippen LogP contribution in [-0.2, 0) is 24.1 Å². The van der Waals surface area contributed by atoms with Crippen molar-refractivity contribution in [2.45, 2.75) is 52.7 Å². The maximum absolute atomic E-state index is 13.7. The highest BCUT2D eigenvalue weighted by atomic mass is 32.1. The van der Waals surface area contributed by atoms with Crippen LogP contribution in [0.1, 0.15) is 44.4 Å². The predicted octanol–water partition coefficient (Wildman–Crippen LogP) is 6.48. The number of carbonyl (C=O) groups is 1. The van der Waals surface area contributed by atoms with Gasteiger partial charge in [-0.3, -0.25) is 5.10 Å². The van der Waals surface area contributed by atoms with Gasteiger partial charge in [-0.05, 0) is 68.5 Å². The van der Waals surface area contributed by atoms with E-state index in [-0.39, 0.29) is 11.9 Å². The smallest absolute Gasteiger partial charge is 0.410 e. The van der Waals surface area contributed by atoms with Crippen LogP contribution in [0.15, 0.2) is 36.4 Å². The van der Waals surface area contributed by atoms with E-state index in [1.54, 1.807) is 11.0 Å². The number of aromatic nitrogens is 2. The van der Waals surface area contributed by atoms with Gasteiger partial charge >= 0.3 is 6.09 Å². The molecule has 0 radical (unpaired) electrons. The number of carbonyl (C=O) groups excluding carboxylic acids is 1. The van der Waals surface area contributed by atoms with Crippen LogP contribution >= 0.6 is 12.2 Å². The molecule has 1 aliphatic heterocycles. The maximum atomic E-state index is 13.7. The molecule has 1 aromatic heterocycles. The minimum atomic E-state index is -0.521. The van der Waals surface area contributed by atoms with Crippen molar-refractivity contribution < 1.29 is 18.7 Å². The minimum absolute atomic E-state index is 0.291. The third-order valence-electron chi connectivity index (χ3n) is 6.00. The fourth-order valence-electron chi connectivity index (χ4n) is 4.30. The molecule has 0 unspecified atom stereocenters. The number of H-pyrrole nitrogens is 1. The Hall–Kier alpha value is -3.26. The van der Waals surface area contributed by atoms with Gasteiger partial charge in [-0.2, -0.15) is 5.10 Å². The Balaban J connectivity index is 1.66. The normalized spacial score (nSPS) is 13.4. The molecular weight excluding hydrogens is 465 g/mol. The van der Waals surface area contributed by atoms with Crippen LogP contribution in [0.25, 0.3) is 22.5 Å². The summed E-state index contributed by atoms with van der Waals surface area (Å²) >= 11 is 5.82. The molecule has 0 atom stereocenters. The third kappa shape index (κ3) is 5.22. The molecular formula is C27H30FN3O3S. The standard InChI is InChI=1S/C27H30FN3O3S/c1-6-20-23(29-30-24(25(20)35)21-10-9-19(28)14-22(21)33-5)17-7-8-18-15-31(12-11-16(18)13-17)26(32)34-27(2,3)4/h7-10,13-14H,6,11-12,15H2,1-5H3,(H,29,35). The van der Waals surface area contributed by atoms with Crippen molar-refractivity contribution in [3.63, 3.8) is 0 Å². The number of hydrogen-bond acceptors (Lipinski definition) is 5. The van der Waals surface area contributed by atoms with E-state index in [2.05, 4.69) is 22.3 Å². The molecule has 0 fully saturated rings. The van der Waals surface area contributed by atoms with Gasteiger partial charge in [0, 0.05) is 30.3 Å². The van der Waals surface area contributed by atoms with Crippen LogP contribution in [-0.4, -0.2) is 40.4 Å². The number of nitrogens with zero attached hydrogens (tertiary/aromatic N) is 2. The Labute approximate surface area is 210 Å². The molecule has 2 heterocycles. The lowest BCUT2D eigenvalue weighted by molar-refractivity contribution is 0.0224. The largest absolute Gasteiger partial charge is 0.496 e. The highest BCUT2D eigenvalue weighted by molar-refractivity contribution is 7.71. The molecule has 1 amide bonds. The SMILES string of the molecule is CCc1c(-c2ccc3c(c2)CCN(C(=O)OC(C)(C)C)C3)[nH]nc(-c2ccc(F)cc2OC)c1=S. The summed E-state index contributed by atoms with van der Waals surface area (Å²) in [6.45, 7) is 8.78. The summed E-state index contributed by atoms with van der Waals surface area (Å²) in [5.74, 6) is 0.00209. The summed E-state index contributed by atoms with van der Waals surface area (Å²) < 4.78 is 25.2. The van der Waals surface area contributed by atoms with Gasteiger partial charge in [0.2, 0.25) is 0 Å². The molecule has 0 bridgehead atoms. The number of benzene rings is 2. The molecule has 8 heteroatoms. The Bertz CT molecular complexity index is 1330. The summed E-state index contributed by atoms with van der Waals surface area (Å²) in [4.78, 5) is 14.2. The minimum Gasteiger partial charge on any atom is -0.496 e. The topological polar surface area (TPSA) is 67.5 Å². The molecule has 1 aliphatic rings. The number of rotatable bonds is 4. The van der Waals surface area contributed by atoms with E-state index in [1.165, 1.54) is 24.8 Å². The number of halogens is 1. The second-order valence-corrected chi connectivity index (χ2v) is 10.00. The van der Waals surface area contributed by atoms with Gasteiger partial charge in [0.25, 0.3) is 0 Å². The molecule has 0 saturated heterocycles. The fourth-order valence-corrected chi connectivity index (χ4v) is 4.70. The van der Waals surface area contributed by atoms with Crippen LogP contribution < -0.4 is 4.74 Å². The van der Waals surface area contributed by atoms with Gasteiger partial charge < -0.3 is 14.4 Å². The Morgan fingerprint density at radius 2 is 1.97 bits per heavy atom. The Morgan fingerprint density at radius 1 is 1.20 bits per heavy atom. The zero-order valence-electron chi connectivity index (χ0n) is 20.7. The van der Waals surface area contributed by atoms with Crippen LogP contribution in [0.2, 0.25) is 0 Å². The number of fused-ring (bicyclic) bond motifs is 1. The summed E-state index contributed by atoms with van der Waals surface area (Å²) in [5.41, 5.74) is 5.78. The second kappa shape index (κ2) is 9.77. The molecule has 0 aliphatic carbocycles. The molecule has 184 valence electrons. The van der Waals surface area contributed by atoms with Gasteiger partial charge in [-0.1, -0.05) is 31.3 Å². The number of methoxy groups -OCH3 is 1. The molecule has 0 saturated carbocycles. The first kappa shape index (κ1) is 24.9. The first-order valence-electron chi connectivity index (χ1n) is 11.7. The van der Waals surface area contributed by atoms with Crippen LogP contribution in [0.4, 0.5) is 9.18 Å². The quantitative estimate of drug-likeness (QED) is 0.420. The average molecular weight is 496 g/mol. The van der Waals surface area contributed by atoms with Gasteiger partial charge in [0.1, 0.15) is 22.9 Å². The number of aromatic amines is 1. The highest BCUT2D eigenvalue weighted by Crippen LogP contribution is 2.34. The van der Waals surface area contributed by atoms with E-state index in [0.29, 0.717) is 41.0 Å². The number of hydrogen-bond donors (Lipinski definition) is 1. The monoisotopic (exact) mass is 495 g/mol. The third-order valence-corrected chi connectivity index (χ3v) is 6.44. The number of ether oxygens (including phenoxy) is 2. The molecule has 35 heavy (non-hydrogen) atoms. The zero-order valence-corrected chi connectivity index (χ0v) is 21.5. The second-order valence-electron chi connectivity index (χ2n) is 9.59. The van der Waals surface area contributed by atoms with Crippen molar-refractivity contribution >= 4 is 18.3 Å². The summed E-state index contributed by atoms with van der Waals surface area (Å²) in [7, 11) is 1.50. The lowest BCUT2D eigenvalue weighted by atomic mass is 9.94.